The molecule has 6 nitrogen and oxygen atoms in total. The zero-order valence-electron chi connectivity index (χ0n) is 14.8. The second-order valence-electron chi connectivity index (χ2n) is 6.16. The van der Waals surface area contributed by atoms with Crippen LogP contribution in [0.3, 0.4) is 0 Å². The molecule has 0 bridgehead atoms. The van der Waals surface area contributed by atoms with Crippen LogP contribution < -0.4 is 10.6 Å². The third-order valence-corrected chi connectivity index (χ3v) is 4.73. The number of aromatic nitrogens is 2. The number of aliphatic hydroxyl groups is 1. The van der Waals surface area contributed by atoms with Gasteiger partial charge in [-0.05, 0) is 42.9 Å². The largest absolute Gasteiger partial charge is 0.396 e. The number of rotatable bonds is 9. The lowest BCUT2D eigenvalue weighted by Gasteiger charge is -2.31. The molecule has 3 N–H and O–H groups in total. The van der Waals surface area contributed by atoms with E-state index in [1.165, 1.54) is 0 Å². The molecule has 0 atom stereocenters. The third-order valence-electron chi connectivity index (χ3n) is 4.73. The molecule has 134 valence electrons. The number of nitrogens with one attached hydrogen (secondary N) is 2. The van der Waals surface area contributed by atoms with Crippen LogP contribution >= 0.6 is 0 Å². The zero-order chi connectivity index (χ0) is 18.1. The number of nitrogens with zero attached hydrogens (tertiary/aromatic N) is 2. The summed E-state index contributed by atoms with van der Waals surface area (Å²) < 4.78 is 0. The second kappa shape index (κ2) is 9.13. The number of amides is 1. The van der Waals surface area contributed by atoms with Gasteiger partial charge in [-0.3, -0.25) is 9.78 Å². The normalized spacial score (nSPS) is 11.2. The van der Waals surface area contributed by atoms with Crippen molar-refractivity contribution in [1.82, 2.24) is 15.3 Å². The molecule has 1 aromatic carbocycles. The van der Waals surface area contributed by atoms with E-state index in [0.717, 1.165) is 18.5 Å². The monoisotopic (exact) mass is 342 g/mol. The standard InChI is InChI=1S/C19H26N4O2/c1-3-19(4-2,8-11-24)14-22-18(25)15-6-5-7-16(12-15)23-17-13-20-9-10-21-17/h5-7,9-10,12-13,24H,3-4,8,11,14H2,1-2H3,(H,21,23)(H,22,25). The highest BCUT2D eigenvalue weighted by Gasteiger charge is 2.26. The van der Waals surface area contributed by atoms with E-state index >= 15 is 0 Å². The van der Waals surface area contributed by atoms with Gasteiger partial charge >= 0.3 is 0 Å². The van der Waals surface area contributed by atoms with Gasteiger partial charge in [-0.25, -0.2) is 4.98 Å². The van der Waals surface area contributed by atoms with Crippen LogP contribution in [-0.4, -0.2) is 34.1 Å². The second-order valence-corrected chi connectivity index (χ2v) is 6.16. The maximum atomic E-state index is 12.5. The lowest BCUT2D eigenvalue weighted by molar-refractivity contribution is 0.0907. The van der Waals surface area contributed by atoms with Crippen molar-refractivity contribution in [3.63, 3.8) is 0 Å². The van der Waals surface area contributed by atoms with Crippen molar-refractivity contribution in [2.75, 3.05) is 18.5 Å². The highest BCUT2D eigenvalue weighted by molar-refractivity contribution is 5.95. The Morgan fingerprint density at radius 1 is 1.24 bits per heavy atom. The first-order chi connectivity index (χ1) is 12.1. The molecule has 6 heteroatoms. The molecule has 0 aliphatic carbocycles. The van der Waals surface area contributed by atoms with Gasteiger partial charge in [0.05, 0.1) is 6.20 Å². The van der Waals surface area contributed by atoms with Crippen LogP contribution in [0.1, 0.15) is 43.5 Å². The number of carbonyl (C=O) groups excluding carboxylic acids is 1. The molecule has 0 unspecified atom stereocenters. The highest BCUT2D eigenvalue weighted by Crippen LogP contribution is 2.29. The molecule has 0 aliphatic rings. The van der Waals surface area contributed by atoms with E-state index in [0.29, 0.717) is 24.3 Å². The first-order valence-electron chi connectivity index (χ1n) is 8.64. The van der Waals surface area contributed by atoms with E-state index in [1.807, 2.05) is 12.1 Å². The summed E-state index contributed by atoms with van der Waals surface area (Å²) in [4.78, 5) is 20.7. The van der Waals surface area contributed by atoms with E-state index in [1.54, 1.807) is 30.7 Å². The maximum Gasteiger partial charge on any atom is 0.251 e. The first kappa shape index (κ1) is 18.9. The fourth-order valence-corrected chi connectivity index (χ4v) is 2.80. The van der Waals surface area contributed by atoms with Crippen molar-refractivity contribution in [2.24, 2.45) is 5.41 Å². The van der Waals surface area contributed by atoms with E-state index < -0.39 is 0 Å². The molecule has 0 aliphatic heterocycles. The summed E-state index contributed by atoms with van der Waals surface area (Å²) in [6.07, 6.45) is 7.36. The van der Waals surface area contributed by atoms with Crippen molar-refractivity contribution in [1.29, 1.82) is 0 Å². The molecule has 25 heavy (non-hydrogen) atoms. The average molecular weight is 342 g/mol. The van der Waals surface area contributed by atoms with Gasteiger partial charge in [0.2, 0.25) is 0 Å². The molecule has 1 heterocycles. The van der Waals surface area contributed by atoms with Crippen molar-refractivity contribution in [2.45, 2.75) is 33.1 Å². The summed E-state index contributed by atoms with van der Waals surface area (Å²) in [6, 6.07) is 7.27. The average Bonchev–Trinajstić information content (AvgIpc) is 2.66. The number of benzene rings is 1. The predicted molar refractivity (Wildman–Crippen MR) is 98.8 cm³/mol. The summed E-state index contributed by atoms with van der Waals surface area (Å²) in [7, 11) is 0. The van der Waals surface area contributed by atoms with Gasteiger partial charge in [0.15, 0.2) is 0 Å². The van der Waals surface area contributed by atoms with Crippen LogP contribution in [0.2, 0.25) is 0 Å². The van der Waals surface area contributed by atoms with Crippen LogP contribution in [0, 0.1) is 5.41 Å². The Morgan fingerprint density at radius 2 is 2.04 bits per heavy atom. The van der Waals surface area contributed by atoms with Crippen LogP contribution in [0.25, 0.3) is 0 Å². The SMILES string of the molecule is CCC(CC)(CCO)CNC(=O)c1cccc(Nc2cnccn2)c1. The van der Waals surface area contributed by atoms with Gasteiger partial charge in [0.25, 0.3) is 5.91 Å². The molecule has 0 saturated heterocycles. The number of hydrogen-bond acceptors (Lipinski definition) is 5. The zero-order valence-corrected chi connectivity index (χ0v) is 14.8. The molecular formula is C19H26N4O2. The lowest BCUT2D eigenvalue weighted by atomic mass is 9.79. The van der Waals surface area contributed by atoms with E-state index in [4.69, 9.17) is 0 Å². The third kappa shape index (κ3) is 5.26. The predicted octanol–water partition coefficient (Wildman–Crippen LogP) is 3.14. The van der Waals surface area contributed by atoms with Gasteiger partial charge in [-0.2, -0.15) is 0 Å². The summed E-state index contributed by atoms with van der Waals surface area (Å²) in [6.45, 7) is 4.88. The minimum Gasteiger partial charge on any atom is -0.396 e. The van der Waals surface area contributed by atoms with Gasteiger partial charge in [0.1, 0.15) is 5.82 Å². The number of carbonyl (C=O) groups is 1. The van der Waals surface area contributed by atoms with E-state index in [2.05, 4.69) is 34.4 Å². The van der Waals surface area contributed by atoms with Gasteiger partial charge in [-0.15, -0.1) is 0 Å². The van der Waals surface area contributed by atoms with E-state index in [-0.39, 0.29) is 17.9 Å². The Kier molecular flexibility index (Phi) is 6.89. The topological polar surface area (TPSA) is 87.1 Å². The highest BCUT2D eigenvalue weighted by atomic mass is 16.3. The lowest BCUT2D eigenvalue weighted by Crippen LogP contribution is -2.37. The number of hydrogen-bond donors (Lipinski definition) is 3. The van der Waals surface area contributed by atoms with Gasteiger partial charge in [-0.1, -0.05) is 19.9 Å². The first-order valence-corrected chi connectivity index (χ1v) is 8.64. The van der Waals surface area contributed by atoms with Gasteiger partial charge < -0.3 is 15.7 Å². The Morgan fingerprint density at radius 3 is 2.68 bits per heavy atom. The van der Waals surface area contributed by atoms with Crippen molar-refractivity contribution >= 4 is 17.4 Å². The van der Waals surface area contributed by atoms with Crippen LogP contribution in [0.4, 0.5) is 11.5 Å². The Hall–Kier alpha value is -2.47. The quantitative estimate of drug-likeness (QED) is 0.652. The molecule has 1 amide bonds. The smallest absolute Gasteiger partial charge is 0.251 e. The van der Waals surface area contributed by atoms with Crippen molar-refractivity contribution in [3.8, 4) is 0 Å². The Labute approximate surface area is 148 Å². The molecular weight excluding hydrogens is 316 g/mol. The fourth-order valence-electron chi connectivity index (χ4n) is 2.80. The number of aliphatic hydroxyl groups excluding tert-OH is 1. The van der Waals surface area contributed by atoms with Crippen LogP contribution in [0.5, 0.6) is 0 Å². The fraction of sp³-hybridized carbons (Fsp3) is 0.421. The van der Waals surface area contributed by atoms with Crippen LogP contribution in [-0.2, 0) is 0 Å². The molecule has 0 spiro atoms. The van der Waals surface area contributed by atoms with Crippen molar-refractivity contribution in [3.05, 3.63) is 48.4 Å². The molecule has 0 radical (unpaired) electrons. The molecule has 0 saturated carbocycles. The molecule has 2 aromatic rings. The molecule has 1 aromatic heterocycles. The number of anilines is 2. The van der Waals surface area contributed by atoms with Crippen LogP contribution in [0.15, 0.2) is 42.9 Å². The Bertz CT molecular complexity index is 672. The summed E-state index contributed by atoms with van der Waals surface area (Å²) >= 11 is 0. The molecule has 2 rings (SSSR count). The van der Waals surface area contributed by atoms with Gasteiger partial charge in [0, 0.05) is 36.8 Å². The summed E-state index contributed by atoms with van der Waals surface area (Å²) in [5.74, 6) is 0.506. The summed E-state index contributed by atoms with van der Waals surface area (Å²) in [5.41, 5.74) is 1.31. The minimum absolute atomic E-state index is 0.0557. The molecule has 0 fully saturated rings. The maximum absolute atomic E-state index is 12.5. The van der Waals surface area contributed by atoms with E-state index in [9.17, 15) is 9.90 Å². The minimum atomic E-state index is -0.119. The summed E-state index contributed by atoms with van der Waals surface area (Å²) in [5, 5.41) is 15.4. The Balaban J connectivity index is 2.03. The van der Waals surface area contributed by atoms with Crippen molar-refractivity contribution < 1.29 is 9.90 Å².